The first-order valence-electron chi connectivity index (χ1n) is 6.35. The molecule has 7 heteroatoms. The molecule has 2 N–H and O–H groups in total. The second kappa shape index (κ2) is 6.49. The maximum Gasteiger partial charge on any atom is 0.446 e. The van der Waals surface area contributed by atoms with E-state index in [0.717, 1.165) is 19.4 Å². The van der Waals surface area contributed by atoms with Crippen molar-refractivity contribution in [3.05, 3.63) is 24.3 Å². The Morgan fingerprint density at radius 3 is 2.70 bits per heavy atom. The Hall–Kier alpha value is -1.21. The summed E-state index contributed by atoms with van der Waals surface area (Å²) in [5.41, 5.74) is -4.17. The van der Waals surface area contributed by atoms with Crippen LogP contribution in [0.2, 0.25) is 0 Å². The Morgan fingerprint density at radius 2 is 2.05 bits per heavy atom. The predicted octanol–water partition coefficient (Wildman–Crippen LogP) is 3.38. The van der Waals surface area contributed by atoms with E-state index in [1.165, 1.54) is 18.2 Å². The van der Waals surface area contributed by atoms with Crippen molar-refractivity contribution in [2.75, 3.05) is 11.9 Å². The van der Waals surface area contributed by atoms with Gasteiger partial charge in [0.15, 0.2) is 0 Å². The number of halogens is 3. The van der Waals surface area contributed by atoms with Crippen LogP contribution in [0.3, 0.4) is 0 Å². The SMILES string of the molecule is O=C(Nc1ccccc1SC(F)(F)F)C1CCCCN1. The van der Waals surface area contributed by atoms with Gasteiger partial charge in [-0.05, 0) is 43.3 Å². The third-order valence-corrected chi connectivity index (χ3v) is 3.80. The third kappa shape index (κ3) is 4.42. The number of amides is 1. The molecule has 0 aliphatic carbocycles. The second-order valence-electron chi connectivity index (χ2n) is 4.54. The number of hydrogen-bond donors (Lipinski definition) is 2. The predicted molar refractivity (Wildman–Crippen MR) is 72.6 cm³/mol. The van der Waals surface area contributed by atoms with Gasteiger partial charge < -0.3 is 10.6 Å². The number of benzene rings is 1. The summed E-state index contributed by atoms with van der Waals surface area (Å²) in [7, 11) is 0. The smallest absolute Gasteiger partial charge is 0.324 e. The van der Waals surface area contributed by atoms with E-state index in [2.05, 4.69) is 10.6 Å². The van der Waals surface area contributed by atoms with E-state index in [4.69, 9.17) is 0 Å². The van der Waals surface area contributed by atoms with Crippen molar-refractivity contribution in [2.24, 2.45) is 0 Å². The van der Waals surface area contributed by atoms with E-state index in [1.54, 1.807) is 6.07 Å². The van der Waals surface area contributed by atoms with E-state index in [-0.39, 0.29) is 34.3 Å². The summed E-state index contributed by atoms with van der Waals surface area (Å²) in [4.78, 5) is 12.0. The van der Waals surface area contributed by atoms with Gasteiger partial charge in [-0.15, -0.1) is 0 Å². The van der Waals surface area contributed by atoms with Gasteiger partial charge in [0.2, 0.25) is 5.91 Å². The zero-order chi connectivity index (χ0) is 14.6. The normalized spacial score (nSPS) is 19.6. The van der Waals surface area contributed by atoms with E-state index in [0.29, 0.717) is 6.42 Å². The molecule has 20 heavy (non-hydrogen) atoms. The molecule has 1 heterocycles. The Labute approximate surface area is 119 Å². The molecule has 1 aromatic rings. The molecule has 0 bridgehead atoms. The summed E-state index contributed by atoms with van der Waals surface area (Å²) >= 11 is -0.219. The molecule has 1 atom stereocenters. The zero-order valence-electron chi connectivity index (χ0n) is 10.7. The Bertz CT molecular complexity index is 473. The number of rotatable bonds is 3. The van der Waals surface area contributed by atoms with Crippen molar-refractivity contribution in [1.29, 1.82) is 0 Å². The number of para-hydroxylation sites is 1. The molecular weight excluding hydrogens is 289 g/mol. The van der Waals surface area contributed by atoms with Gasteiger partial charge in [-0.25, -0.2) is 0 Å². The summed E-state index contributed by atoms with van der Waals surface area (Å²) in [6, 6.07) is 5.62. The highest BCUT2D eigenvalue weighted by Gasteiger charge is 2.31. The first-order valence-corrected chi connectivity index (χ1v) is 7.16. The minimum absolute atomic E-state index is 0.00385. The minimum atomic E-state index is -4.37. The Morgan fingerprint density at radius 1 is 1.30 bits per heavy atom. The van der Waals surface area contributed by atoms with Gasteiger partial charge >= 0.3 is 5.51 Å². The molecular formula is C13H15F3N2OS. The summed E-state index contributed by atoms with van der Waals surface area (Å²) in [6.07, 6.45) is 2.68. The number of anilines is 1. The van der Waals surface area contributed by atoms with Gasteiger partial charge in [-0.1, -0.05) is 18.6 Å². The second-order valence-corrected chi connectivity index (χ2v) is 5.64. The highest BCUT2D eigenvalue weighted by molar-refractivity contribution is 8.00. The first kappa shape index (κ1) is 15.2. The van der Waals surface area contributed by atoms with Gasteiger partial charge in [0, 0.05) is 4.90 Å². The summed E-state index contributed by atoms with van der Waals surface area (Å²) < 4.78 is 37.4. The van der Waals surface area contributed by atoms with Crippen LogP contribution in [-0.4, -0.2) is 24.0 Å². The molecule has 0 aromatic heterocycles. The maximum atomic E-state index is 12.5. The Balaban J connectivity index is 2.06. The lowest BCUT2D eigenvalue weighted by Gasteiger charge is -2.23. The summed E-state index contributed by atoms with van der Waals surface area (Å²) in [5.74, 6) is -0.278. The van der Waals surface area contributed by atoms with Gasteiger partial charge in [0.25, 0.3) is 0 Å². The molecule has 1 aromatic carbocycles. The molecule has 2 rings (SSSR count). The van der Waals surface area contributed by atoms with Crippen LogP contribution in [0, 0.1) is 0 Å². The van der Waals surface area contributed by atoms with Crippen molar-refractivity contribution < 1.29 is 18.0 Å². The molecule has 0 spiro atoms. The molecule has 1 saturated heterocycles. The number of carbonyl (C=O) groups excluding carboxylic acids is 1. The maximum absolute atomic E-state index is 12.5. The van der Waals surface area contributed by atoms with E-state index in [9.17, 15) is 18.0 Å². The fourth-order valence-electron chi connectivity index (χ4n) is 2.08. The molecule has 1 unspecified atom stereocenters. The van der Waals surface area contributed by atoms with Crippen LogP contribution in [0.25, 0.3) is 0 Å². The van der Waals surface area contributed by atoms with Crippen molar-refractivity contribution in [3.63, 3.8) is 0 Å². The van der Waals surface area contributed by atoms with Crippen LogP contribution in [0.5, 0.6) is 0 Å². The molecule has 0 radical (unpaired) electrons. The van der Waals surface area contributed by atoms with Gasteiger partial charge in [-0.2, -0.15) is 13.2 Å². The average Bonchev–Trinajstić information content (AvgIpc) is 2.40. The quantitative estimate of drug-likeness (QED) is 0.841. The number of hydrogen-bond acceptors (Lipinski definition) is 3. The summed E-state index contributed by atoms with van der Waals surface area (Å²) in [5, 5.41) is 5.65. The van der Waals surface area contributed by atoms with Crippen LogP contribution in [0.1, 0.15) is 19.3 Å². The number of thioether (sulfide) groups is 1. The van der Waals surface area contributed by atoms with Crippen molar-refractivity contribution in [3.8, 4) is 0 Å². The van der Waals surface area contributed by atoms with Gasteiger partial charge in [-0.3, -0.25) is 4.79 Å². The number of alkyl halides is 3. The van der Waals surface area contributed by atoms with Crippen molar-refractivity contribution in [2.45, 2.75) is 35.7 Å². The van der Waals surface area contributed by atoms with Crippen LogP contribution >= 0.6 is 11.8 Å². The molecule has 1 aliphatic heterocycles. The molecule has 110 valence electrons. The lowest BCUT2D eigenvalue weighted by atomic mass is 10.0. The first-order chi connectivity index (χ1) is 9.46. The van der Waals surface area contributed by atoms with Gasteiger partial charge in [0.05, 0.1) is 11.7 Å². The van der Waals surface area contributed by atoms with Crippen LogP contribution in [0.15, 0.2) is 29.2 Å². The Kier molecular flexibility index (Phi) is 4.93. The van der Waals surface area contributed by atoms with Crippen molar-refractivity contribution >= 4 is 23.4 Å². The van der Waals surface area contributed by atoms with E-state index in [1.807, 2.05) is 0 Å². The van der Waals surface area contributed by atoms with Crippen molar-refractivity contribution in [1.82, 2.24) is 5.32 Å². The molecule has 0 saturated carbocycles. The minimum Gasteiger partial charge on any atom is -0.324 e. The number of nitrogens with one attached hydrogen (secondary N) is 2. The van der Waals surface area contributed by atoms with Crippen LogP contribution in [-0.2, 0) is 4.79 Å². The molecule has 3 nitrogen and oxygen atoms in total. The van der Waals surface area contributed by atoms with Gasteiger partial charge in [0.1, 0.15) is 0 Å². The fourth-order valence-corrected chi connectivity index (χ4v) is 2.70. The topological polar surface area (TPSA) is 41.1 Å². The fraction of sp³-hybridized carbons (Fsp3) is 0.462. The standard InChI is InChI=1S/C13H15F3N2OS/c14-13(15,16)20-11-7-2-1-5-9(11)18-12(19)10-6-3-4-8-17-10/h1-2,5,7,10,17H,3-4,6,8H2,(H,18,19). The summed E-state index contributed by atoms with van der Waals surface area (Å²) in [6.45, 7) is 0.761. The number of piperidine rings is 1. The zero-order valence-corrected chi connectivity index (χ0v) is 11.5. The lowest BCUT2D eigenvalue weighted by Crippen LogP contribution is -2.43. The molecule has 1 aliphatic rings. The van der Waals surface area contributed by atoms with Crippen LogP contribution < -0.4 is 10.6 Å². The van der Waals surface area contributed by atoms with E-state index < -0.39 is 5.51 Å². The average molecular weight is 304 g/mol. The largest absolute Gasteiger partial charge is 0.446 e. The van der Waals surface area contributed by atoms with E-state index >= 15 is 0 Å². The molecule has 1 fully saturated rings. The third-order valence-electron chi connectivity index (χ3n) is 3.00. The molecule has 1 amide bonds. The lowest BCUT2D eigenvalue weighted by molar-refractivity contribution is -0.118. The highest BCUT2D eigenvalue weighted by Crippen LogP contribution is 2.40. The van der Waals surface area contributed by atoms with Crippen LogP contribution in [0.4, 0.5) is 18.9 Å². The number of carbonyl (C=O) groups is 1. The highest BCUT2D eigenvalue weighted by atomic mass is 32.2. The monoisotopic (exact) mass is 304 g/mol.